The van der Waals surface area contributed by atoms with Crippen molar-refractivity contribution in [3.05, 3.63) is 51.9 Å². The Morgan fingerprint density at radius 2 is 2.05 bits per heavy atom. The molecule has 0 saturated carbocycles. The number of nitrogens with zero attached hydrogens (tertiary/aromatic N) is 3. The van der Waals surface area contributed by atoms with Crippen molar-refractivity contribution in [2.24, 2.45) is 0 Å². The summed E-state index contributed by atoms with van der Waals surface area (Å²) >= 11 is 0. The van der Waals surface area contributed by atoms with Gasteiger partial charge >= 0.3 is 0 Å². The Balaban J connectivity index is 2.81. The van der Waals surface area contributed by atoms with Crippen LogP contribution in [0.3, 0.4) is 0 Å². The van der Waals surface area contributed by atoms with Gasteiger partial charge in [0, 0.05) is 5.56 Å². The van der Waals surface area contributed by atoms with Crippen LogP contribution in [0.1, 0.15) is 18.2 Å². The molecule has 0 unspecified atom stereocenters. The molecule has 1 aromatic carbocycles. The fraction of sp³-hybridized carbons (Fsp3) is 0.188. The first-order valence-corrected chi connectivity index (χ1v) is 6.25. The van der Waals surface area contributed by atoms with E-state index in [1.54, 1.807) is 0 Å². The highest BCUT2D eigenvalue weighted by Gasteiger charge is 2.15. The molecular weight excluding hydrogens is 250 g/mol. The van der Waals surface area contributed by atoms with E-state index in [0.29, 0.717) is 17.8 Å². The monoisotopic (exact) mass is 263 g/mol. The summed E-state index contributed by atoms with van der Waals surface area (Å²) in [6.07, 6.45) is 5.79. The van der Waals surface area contributed by atoms with E-state index in [9.17, 15) is 4.79 Å². The van der Waals surface area contributed by atoms with Crippen LogP contribution in [0.25, 0.3) is 11.4 Å². The first-order chi connectivity index (χ1) is 9.72. The predicted octanol–water partition coefficient (Wildman–Crippen LogP) is 1.98. The van der Waals surface area contributed by atoms with E-state index in [-0.39, 0.29) is 17.8 Å². The van der Waals surface area contributed by atoms with Gasteiger partial charge in [-0.1, -0.05) is 43.2 Å². The molecule has 4 heteroatoms. The molecular formula is C16H13N3O. The van der Waals surface area contributed by atoms with Crippen molar-refractivity contribution in [3.63, 3.8) is 0 Å². The number of aromatic nitrogens is 2. The van der Waals surface area contributed by atoms with E-state index in [1.165, 1.54) is 4.57 Å². The molecule has 0 aliphatic carbocycles. The summed E-state index contributed by atoms with van der Waals surface area (Å²) in [5, 5.41) is 9.17. The maximum Gasteiger partial charge on any atom is 0.259 e. The molecule has 0 aliphatic heterocycles. The number of nitriles is 1. The molecule has 0 saturated heterocycles. The predicted molar refractivity (Wildman–Crippen MR) is 76.9 cm³/mol. The second-order valence-electron chi connectivity index (χ2n) is 4.19. The van der Waals surface area contributed by atoms with Crippen molar-refractivity contribution < 1.29 is 0 Å². The topological polar surface area (TPSA) is 58.7 Å². The molecule has 4 nitrogen and oxygen atoms in total. The van der Waals surface area contributed by atoms with Gasteiger partial charge in [-0.25, -0.2) is 4.98 Å². The molecule has 0 N–H and O–H groups in total. The van der Waals surface area contributed by atoms with Gasteiger partial charge in [-0.15, -0.1) is 6.42 Å². The maximum absolute atomic E-state index is 12.4. The average molecular weight is 263 g/mol. The summed E-state index contributed by atoms with van der Waals surface area (Å²) in [5.74, 6) is 2.90. The van der Waals surface area contributed by atoms with Crippen LogP contribution in [-0.4, -0.2) is 9.55 Å². The minimum atomic E-state index is -0.240. The minimum Gasteiger partial charge on any atom is -0.281 e. The lowest BCUT2D eigenvalue weighted by Gasteiger charge is -2.12. The van der Waals surface area contributed by atoms with Gasteiger partial charge in [0.1, 0.15) is 11.9 Å². The lowest BCUT2D eigenvalue weighted by molar-refractivity contribution is 0.758. The molecule has 2 aromatic rings. The summed E-state index contributed by atoms with van der Waals surface area (Å²) in [7, 11) is 0. The summed E-state index contributed by atoms with van der Waals surface area (Å²) in [4.78, 5) is 16.8. The van der Waals surface area contributed by atoms with Gasteiger partial charge in [-0.2, -0.15) is 5.26 Å². The number of rotatable bonds is 3. The molecule has 2 rings (SSSR count). The van der Waals surface area contributed by atoms with Crippen molar-refractivity contribution in [1.82, 2.24) is 9.55 Å². The number of hydrogen-bond donors (Lipinski definition) is 0. The Bertz CT molecular complexity index is 761. The molecule has 20 heavy (non-hydrogen) atoms. The van der Waals surface area contributed by atoms with Crippen molar-refractivity contribution in [2.75, 3.05) is 0 Å². The second-order valence-corrected chi connectivity index (χ2v) is 4.19. The van der Waals surface area contributed by atoms with Gasteiger partial charge in [-0.3, -0.25) is 9.36 Å². The lowest BCUT2D eigenvalue weighted by atomic mass is 10.1. The van der Waals surface area contributed by atoms with Crippen LogP contribution in [0.5, 0.6) is 0 Å². The van der Waals surface area contributed by atoms with Crippen molar-refractivity contribution in [1.29, 1.82) is 5.26 Å². The molecule has 0 bridgehead atoms. The lowest BCUT2D eigenvalue weighted by Crippen LogP contribution is -2.27. The van der Waals surface area contributed by atoms with E-state index in [1.807, 2.05) is 43.3 Å². The first-order valence-electron chi connectivity index (χ1n) is 6.25. The van der Waals surface area contributed by atoms with Gasteiger partial charge in [0.2, 0.25) is 0 Å². The quantitative estimate of drug-likeness (QED) is 0.795. The molecule has 98 valence electrons. The highest BCUT2D eigenvalue weighted by molar-refractivity contribution is 5.56. The Morgan fingerprint density at radius 1 is 1.35 bits per heavy atom. The third-order valence-electron chi connectivity index (χ3n) is 3.00. The Labute approximate surface area is 117 Å². The smallest absolute Gasteiger partial charge is 0.259 e. The molecule has 0 atom stereocenters. The Morgan fingerprint density at radius 3 is 2.60 bits per heavy atom. The van der Waals surface area contributed by atoms with Crippen LogP contribution >= 0.6 is 0 Å². The van der Waals surface area contributed by atoms with Crippen LogP contribution in [0.4, 0.5) is 0 Å². The zero-order chi connectivity index (χ0) is 14.5. The zero-order valence-corrected chi connectivity index (χ0v) is 11.1. The number of terminal acetylenes is 1. The molecule has 0 aliphatic rings. The number of hydrogen-bond acceptors (Lipinski definition) is 3. The summed E-state index contributed by atoms with van der Waals surface area (Å²) in [5.41, 5.74) is 1.10. The van der Waals surface area contributed by atoms with Crippen molar-refractivity contribution in [3.8, 4) is 29.8 Å². The SMILES string of the molecule is C#CCn1c(-c2ccccc2)nc(C#N)c(CC)c1=O. The summed E-state index contributed by atoms with van der Waals surface area (Å²) < 4.78 is 1.44. The molecule has 0 radical (unpaired) electrons. The summed E-state index contributed by atoms with van der Waals surface area (Å²) in [6, 6.07) is 11.2. The maximum atomic E-state index is 12.4. The standard InChI is InChI=1S/C16H13N3O/c1-3-10-19-15(12-8-6-5-7-9-12)18-14(11-17)13(4-2)16(19)20/h1,5-9H,4,10H2,2H3. The van der Waals surface area contributed by atoms with Crippen LogP contribution in [0.2, 0.25) is 0 Å². The van der Waals surface area contributed by atoms with E-state index in [0.717, 1.165) is 5.56 Å². The van der Waals surface area contributed by atoms with E-state index >= 15 is 0 Å². The van der Waals surface area contributed by atoms with E-state index in [2.05, 4.69) is 10.9 Å². The first kappa shape index (κ1) is 13.6. The molecule has 1 heterocycles. The van der Waals surface area contributed by atoms with Crippen LogP contribution in [-0.2, 0) is 13.0 Å². The molecule has 1 aromatic heterocycles. The van der Waals surface area contributed by atoms with Gasteiger partial charge in [0.05, 0.1) is 12.1 Å². The highest BCUT2D eigenvalue weighted by atomic mass is 16.1. The molecule has 0 fully saturated rings. The average Bonchev–Trinajstić information content (AvgIpc) is 2.49. The van der Waals surface area contributed by atoms with Gasteiger partial charge in [0.25, 0.3) is 5.56 Å². The van der Waals surface area contributed by atoms with E-state index in [4.69, 9.17) is 11.7 Å². The van der Waals surface area contributed by atoms with Gasteiger partial charge < -0.3 is 0 Å². The Hall–Kier alpha value is -2.85. The fourth-order valence-electron chi connectivity index (χ4n) is 2.05. The minimum absolute atomic E-state index is 0.134. The van der Waals surface area contributed by atoms with Crippen LogP contribution < -0.4 is 5.56 Å². The normalized spacial score (nSPS) is 9.75. The highest BCUT2D eigenvalue weighted by Crippen LogP contribution is 2.17. The number of benzene rings is 1. The third kappa shape index (κ3) is 2.32. The zero-order valence-electron chi connectivity index (χ0n) is 11.1. The van der Waals surface area contributed by atoms with E-state index < -0.39 is 0 Å². The van der Waals surface area contributed by atoms with Gasteiger partial charge in [0.15, 0.2) is 5.69 Å². The van der Waals surface area contributed by atoms with Crippen molar-refractivity contribution >= 4 is 0 Å². The van der Waals surface area contributed by atoms with Gasteiger partial charge in [-0.05, 0) is 6.42 Å². The fourth-order valence-corrected chi connectivity index (χ4v) is 2.05. The van der Waals surface area contributed by atoms with Crippen LogP contribution in [0.15, 0.2) is 35.1 Å². The third-order valence-corrected chi connectivity index (χ3v) is 3.00. The second kappa shape index (κ2) is 5.86. The largest absolute Gasteiger partial charge is 0.281 e. The molecule has 0 amide bonds. The van der Waals surface area contributed by atoms with Crippen LogP contribution in [0, 0.1) is 23.7 Å². The molecule has 0 spiro atoms. The Kier molecular flexibility index (Phi) is 3.98. The van der Waals surface area contributed by atoms with Crippen molar-refractivity contribution in [2.45, 2.75) is 19.9 Å². The summed E-state index contributed by atoms with van der Waals surface area (Å²) in [6.45, 7) is 1.95.